The Morgan fingerprint density at radius 1 is 0.935 bits per heavy atom. The summed E-state index contributed by atoms with van der Waals surface area (Å²) in [4.78, 5) is 35.4. The van der Waals surface area contributed by atoms with E-state index in [1.807, 2.05) is 76.2 Å². The summed E-state index contributed by atoms with van der Waals surface area (Å²) in [7, 11) is -3.28. The van der Waals surface area contributed by atoms with Gasteiger partial charge in [0.2, 0.25) is 10.0 Å². The van der Waals surface area contributed by atoms with Gasteiger partial charge in [-0.3, -0.25) is 9.89 Å². The summed E-state index contributed by atoms with van der Waals surface area (Å²) in [5.74, 6) is 0.895. The molecule has 2 aromatic heterocycles. The lowest BCUT2D eigenvalue weighted by Gasteiger charge is -2.31. The van der Waals surface area contributed by atoms with Gasteiger partial charge in [0.05, 0.1) is 16.8 Å². The Bertz CT molecular complexity index is 2480. The molecule has 0 bridgehead atoms. The summed E-state index contributed by atoms with van der Waals surface area (Å²) in [5.41, 5.74) is 6.83. The largest absolute Gasteiger partial charge is 0.481 e. The number of benzene rings is 3. The number of hydrogen-bond donors (Lipinski definition) is 5. The number of aryl methyl sites for hydroxylation is 2. The molecule has 2 unspecified atom stereocenters. The second-order valence-corrected chi connectivity index (χ2v) is 20.2. The molecule has 336 valence electrons. The zero-order valence-electron chi connectivity index (χ0n) is 38.3. The zero-order valence-corrected chi connectivity index (χ0v) is 40.0. The first-order chi connectivity index (χ1) is 29.2. The number of aromatic nitrogens is 4. The average Bonchev–Trinajstić information content (AvgIpc) is 3.76. The average molecular weight is 888 g/mol. The monoisotopic (exact) mass is 887 g/mol. The quantitative estimate of drug-likeness (QED) is 0.0511. The van der Waals surface area contributed by atoms with Crippen LogP contribution < -0.4 is 30.3 Å². The van der Waals surface area contributed by atoms with E-state index in [-0.39, 0.29) is 22.7 Å². The zero-order chi connectivity index (χ0) is 45.6. The SMILES string of the molecule is CCN(CCNS(C)(=O)=O)c1ccc(NC(=O)Nc2ccccc2Sc2c(C)[nH]n3nc(C(C)CNC(=O)C(C)Oc4ccc(C(C)(C)CC)cc4C(C)(C)CC)nc23)c(C)c1. The second kappa shape index (κ2) is 20.0. The van der Waals surface area contributed by atoms with Gasteiger partial charge >= 0.3 is 6.03 Å². The summed E-state index contributed by atoms with van der Waals surface area (Å²) in [6, 6.07) is 19.3. The van der Waals surface area contributed by atoms with Crippen LogP contribution in [0.1, 0.15) is 109 Å². The molecule has 0 saturated heterocycles. The molecule has 2 heterocycles. The smallest absolute Gasteiger partial charge is 0.323 e. The molecule has 14 nitrogen and oxygen atoms in total. The number of fused-ring (bicyclic) bond motifs is 1. The van der Waals surface area contributed by atoms with Crippen LogP contribution in [0.25, 0.3) is 5.65 Å². The molecule has 3 amide bonds. The lowest BCUT2D eigenvalue weighted by Crippen LogP contribution is -2.38. The Balaban J connectivity index is 1.22. The molecular weight excluding hydrogens is 823 g/mol. The number of nitrogens with zero attached hydrogens (tertiary/aromatic N) is 4. The Labute approximate surface area is 371 Å². The highest BCUT2D eigenvalue weighted by Crippen LogP contribution is 2.40. The van der Waals surface area contributed by atoms with E-state index in [0.29, 0.717) is 49.0 Å². The van der Waals surface area contributed by atoms with E-state index in [0.717, 1.165) is 57.1 Å². The molecule has 62 heavy (non-hydrogen) atoms. The maximum Gasteiger partial charge on any atom is 0.323 e. The number of aromatic amines is 1. The standard InChI is InChI=1S/C46H65N9O5S2/c1-13-45(8,9)33-20-23-38(35(27-33)46(10,11)14-2)60-32(7)43(56)47-28-30(5)41-51-42-40(31(6)52-55(42)53-41)61-39-19-17-16-18-37(39)50-44(57)49-36-22-21-34(26-29(36)4)54(15-3)25-24-48-62(12,58)59/h16-23,26-27,30,32,48,52H,13-15,24-25,28H2,1-12H3,(H,47,56)(H2,49,50,57). The van der Waals surface area contributed by atoms with Crippen LogP contribution in [0.5, 0.6) is 5.75 Å². The lowest BCUT2D eigenvalue weighted by atomic mass is 9.76. The van der Waals surface area contributed by atoms with Gasteiger partial charge in [0, 0.05) is 59.6 Å². The number of carbonyl (C=O) groups is 2. The number of likely N-dealkylation sites (N-methyl/N-ethyl adjacent to an activating group) is 1. The van der Waals surface area contributed by atoms with Crippen molar-refractivity contribution in [1.82, 2.24) is 29.9 Å². The first-order valence-corrected chi connectivity index (χ1v) is 24.1. The summed E-state index contributed by atoms with van der Waals surface area (Å²) in [6.07, 6.45) is 2.37. The summed E-state index contributed by atoms with van der Waals surface area (Å²) in [5, 5.41) is 17.0. The van der Waals surface area contributed by atoms with Gasteiger partial charge in [-0.05, 0) is 98.9 Å². The highest BCUT2D eigenvalue weighted by Gasteiger charge is 2.29. The van der Waals surface area contributed by atoms with Crippen molar-refractivity contribution in [3.63, 3.8) is 0 Å². The van der Waals surface area contributed by atoms with Crippen molar-refractivity contribution >= 4 is 56.4 Å². The van der Waals surface area contributed by atoms with Gasteiger partial charge in [-0.15, -0.1) is 5.10 Å². The van der Waals surface area contributed by atoms with Crippen LogP contribution in [0.15, 0.2) is 70.5 Å². The van der Waals surface area contributed by atoms with Gasteiger partial charge in [-0.2, -0.15) is 4.63 Å². The van der Waals surface area contributed by atoms with Crippen molar-refractivity contribution in [1.29, 1.82) is 0 Å². The van der Waals surface area contributed by atoms with Crippen LogP contribution >= 0.6 is 11.8 Å². The minimum absolute atomic E-state index is 0.0281. The van der Waals surface area contributed by atoms with Crippen LogP contribution in [0.3, 0.4) is 0 Å². The maximum atomic E-state index is 13.4. The maximum absolute atomic E-state index is 13.4. The Morgan fingerprint density at radius 2 is 1.63 bits per heavy atom. The van der Waals surface area contributed by atoms with Crippen molar-refractivity contribution in [2.24, 2.45) is 0 Å². The molecule has 16 heteroatoms. The highest BCUT2D eigenvalue weighted by atomic mass is 32.2. The summed E-state index contributed by atoms with van der Waals surface area (Å²) < 4.78 is 33.6. The Hall–Kier alpha value is -5.06. The van der Waals surface area contributed by atoms with Gasteiger partial charge in [-0.25, -0.2) is 22.9 Å². The first kappa shape index (κ1) is 48.0. The van der Waals surface area contributed by atoms with Crippen LogP contribution in [-0.4, -0.2) is 78.7 Å². The third-order valence-corrected chi connectivity index (χ3v) is 13.7. The fourth-order valence-corrected chi connectivity index (χ4v) is 8.32. The van der Waals surface area contributed by atoms with Gasteiger partial charge in [0.1, 0.15) is 5.75 Å². The normalized spacial score (nSPS) is 13.2. The minimum atomic E-state index is -3.28. The van der Waals surface area contributed by atoms with E-state index < -0.39 is 22.2 Å². The molecular formula is C46H65N9O5S2. The van der Waals surface area contributed by atoms with E-state index in [9.17, 15) is 18.0 Å². The third-order valence-electron chi connectivity index (χ3n) is 11.7. The molecule has 0 aliphatic carbocycles. The molecule has 0 saturated carbocycles. The molecule has 5 N–H and O–H groups in total. The molecule has 3 aromatic carbocycles. The molecule has 0 aliphatic heterocycles. The third kappa shape index (κ3) is 11.9. The lowest BCUT2D eigenvalue weighted by molar-refractivity contribution is -0.127. The molecule has 0 radical (unpaired) electrons. The van der Waals surface area contributed by atoms with Crippen molar-refractivity contribution in [2.75, 3.05) is 48.0 Å². The van der Waals surface area contributed by atoms with Gasteiger partial charge in [-0.1, -0.05) is 84.5 Å². The number of para-hydroxylation sites is 1. The van der Waals surface area contributed by atoms with Gasteiger partial charge in [0.15, 0.2) is 17.6 Å². The number of sulfonamides is 1. The van der Waals surface area contributed by atoms with E-state index in [2.05, 4.69) is 84.3 Å². The molecule has 2 atom stereocenters. The predicted octanol–water partition coefficient (Wildman–Crippen LogP) is 8.91. The Kier molecular flexibility index (Phi) is 15.5. The first-order valence-electron chi connectivity index (χ1n) is 21.4. The second-order valence-electron chi connectivity index (χ2n) is 17.3. The van der Waals surface area contributed by atoms with Crippen molar-refractivity contribution in [2.45, 2.75) is 122 Å². The molecule has 5 rings (SSSR count). The van der Waals surface area contributed by atoms with Crippen LogP contribution in [0, 0.1) is 13.8 Å². The van der Waals surface area contributed by atoms with Crippen LogP contribution in [-0.2, 0) is 25.6 Å². The summed E-state index contributed by atoms with van der Waals surface area (Å²) in [6.45, 7) is 24.7. The number of anilines is 3. The number of amides is 3. The molecule has 0 aliphatic rings. The summed E-state index contributed by atoms with van der Waals surface area (Å²) >= 11 is 1.47. The topological polar surface area (TPSA) is 175 Å². The minimum Gasteiger partial charge on any atom is -0.481 e. The molecule has 5 aromatic rings. The van der Waals surface area contributed by atoms with Crippen LogP contribution in [0.4, 0.5) is 21.9 Å². The number of hydrogen-bond acceptors (Lipinski definition) is 9. The highest BCUT2D eigenvalue weighted by molar-refractivity contribution is 7.99. The number of rotatable bonds is 20. The number of ether oxygens (including phenoxy) is 1. The van der Waals surface area contributed by atoms with Crippen molar-refractivity contribution in [3.8, 4) is 5.75 Å². The van der Waals surface area contributed by atoms with Gasteiger partial charge < -0.3 is 25.6 Å². The molecule has 0 fully saturated rings. The fourth-order valence-electron chi connectivity index (χ4n) is 6.84. The van der Waals surface area contributed by atoms with E-state index >= 15 is 0 Å². The van der Waals surface area contributed by atoms with E-state index in [1.54, 1.807) is 11.6 Å². The Morgan fingerprint density at radius 3 is 2.29 bits per heavy atom. The van der Waals surface area contributed by atoms with Gasteiger partial charge in [0.25, 0.3) is 5.91 Å². The molecule has 0 spiro atoms. The van der Waals surface area contributed by atoms with E-state index in [1.165, 1.54) is 17.3 Å². The van der Waals surface area contributed by atoms with Crippen molar-refractivity contribution in [3.05, 3.63) is 88.9 Å². The van der Waals surface area contributed by atoms with Crippen molar-refractivity contribution < 1.29 is 22.7 Å². The number of urea groups is 1. The number of carbonyl (C=O) groups excluding carboxylic acids is 2. The van der Waals surface area contributed by atoms with E-state index in [4.69, 9.17) is 14.8 Å². The predicted molar refractivity (Wildman–Crippen MR) is 252 cm³/mol. The van der Waals surface area contributed by atoms with Crippen LogP contribution in [0.2, 0.25) is 0 Å². The number of nitrogens with one attached hydrogen (secondary N) is 5. The number of H-pyrrole nitrogens is 1. The fraction of sp³-hybridized carbons (Fsp3) is 0.478.